The summed E-state index contributed by atoms with van der Waals surface area (Å²) < 4.78 is 0. The van der Waals surface area contributed by atoms with Crippen molar-refractivity contribution in [1.82, 2.24) is 9.97 Å². The van der Waals surface area contributed by atoms with Gasteiger partial charge >= 0.3 is 0 Å². The maximum atomic E-state index is 11.3. The van der Waals surface area contributed by atoms with Crippen LogP contribution in [0.2, 0.25) is 0 Å². The third-order valence-corrected chi connectivity index (χ3v) is 2.21. The van der Waals surface area contributed by atoms with Crippen molar-refractivity contribution in [3.63, 3.8) is 0 Å². The summed E-state index contributed by atoms with van der Waals surface area (Å²) in [4.78, 5) is 19.7. The molecule has 4 heteroatoms. The van der Waals surface area contributed by atoms with Crippen LogP contribution in [0.15, 0.2) is 36.5 Å². The van der Waals surface area contributed by atoms with Gasteiger partial charge in [0, 0.05) is 11.9 Å². The maximum absolute atomic E-state index is 11.3. The number of pyridine rings is 2. The fraction of sp³-hybridized carbons (Fsp3) is 0.0833. The van der Waals surface area contributed by atoms with Gasteiger partial charge in [-0.05, 0) is 31.2 Å². The molecule has 2 aromatic heterocycles. The Bertz CT molecular complexity index is 523. The molecule has 0 aliphatic heterocycles. The first kappa shape index (κ1) is 10.3. The summed E-state index contributed by atoms with van der Waals surface area (Å²) >= 11 is 0. The average Bonchev–Trinajstić information content (AvgIpc) is 2.29. The number of nitrogens with zero attached hydrogens (tertiary/aromatic N) is 2. The topological polar surface area (TPSA) is 68.9 Å². The lowest BCUT2D eigenvalue weighted by atomic mass is 10.1. The summed E-state index contributed by atoms with van der Waals surface area (Å²) in [5.41, 5.74) is 7.70. The minimum absolute atomic E-state index is 0.393. The highest BCUT2D eigenvalue weighted by molar-refractivity contribution is 5.98. The summed E-state index contributed by atoms with van der Waals surface area (Å²) in [6.07, 6.45) is 1.66. The van der Waals surface area contributed by atoms with E-state index in [1.54, 1.807) is 24.4 Å². The minimum Gasteiger partial charge on any atom is -0.366 e. The molecule has 80 valence electrons. The first-order chi connectivity index (χ1) is 7.68. The number of hydrogen-bond acceptors (Lipinski definition) is 3. The van der Waals surface area contributed by atoms with Crippen molar-refractivity contribution in [3.8, 4) is 11.4 Å². The summed E-state index contributed by atoms with van der Waals surface area (Å²) in [6.45, 7) is 1.86. The van der Waals surface area contributed by atoms with Gasteiger partial charge in [-0.2, -0.15) is 0 Å². The molecule has 0 aliphatic carbocycles. The van der Waals surface area contributed by atoms with Crippen LogP contribution in [0.3, 0.4) is 0 Å². The van der Waals surface area contributed by atoms with Gasteiger partial charge in [0.05, 0.1) is 11.3 Å². The monoisotopic (exact) mass is 213 g/mol. The lowest BCUT2D eigenvalue weighted by molar-refractivity contribution is 0.100. The van der Waals surface area contributed by atoms with E-state index in [0.29, 0.717) is 17.0 Å². The SMILES string of the molecule is Cc1ccc(C(N)=O)c(-c2ccccn2)n1. The van der Waals surface area contributed by atoms with Gasteiger partial charge in [0.15, 0.2) is 0 Å². The molecule has 2 heterocycles. The molecule has 0 unspecified atom stereocenters. The van der Waals surface area contributed by atoms with Crippen LogP contribution in [0.5, 0.6) is 0 Å². The molecule has 1 amide bonds. The Balaban J connectivity index is 2.63. The third-order valence-electron chi connectivity index (χ3n) is 2.21. The predicted molar refractivity (Wildman–Crippen MR) is 60.7 cm³/mol. The van der Waals surface area contributed by atoms with Crippen LogP contribution in [0, 0.1) is 6.92 Å². The van der Waals surface area contributed by atoms with E-state index in [4.69, 9.17) is 5.73 Å². The normalized spacial score (nSPS) is 10.1. The van der Waals surface area contributed by atoms with E-state index in [1.807, 2.05) is 19.1 Å². The highest BCUT2D eigenvalue weighted by Crippen LogP contribution is 2.19. The molecule has 0 fully saturated rings. The van der Waals surface area contributed by atoms with E-state index in [-0.39, 0.29) is 0 Å². The predicted octanol–water partition coefficient (Wildman–Crippen LogP) is 1.55. The van der Waals surface area contributed by atoms with Crippen LogP contribution < -0.4 is 5.73 Å². The fourth-order valence-corrected chi connectivity index (χ4v) is 1.45. The van der Waals surface area contributed by atoms with E-state index in [0.717, 1.165) is 5.69 Å². The largest absolute Gasteiger partial charge is 0.366 e. The second kappa shape index (κ2) is 4.10. The third kappa shape index (κ3) is 1.91. The smallest absolute Gasteiger partial charge is 0.250 e. The molecule has 0 saturated carbocycles. The van der Waals surface area contributed by atoms with Gasteiger partial charge in [0.25, 0.3) is 5.91 Å². The summed E-state index contributed by atoms with van der Waals surface area (Å²) in [5.74, 6) is -0.492. The lowest BCUT2D eigenvalue weighted by Gasteiger charge is -2.05. The van der Waals surface area contributed by atoms with Gasteiger partial charge in [0.1, 0.15) is 5.69 Å². The van der Waals surface area contributed by atoms with Crippen LogP contribution in [-0.2, 0) is 0 Å². The molecule has 0 bridgehead atoms. The van der Waals surface area contributed by atoms with E-state index in [2.05, 4.69) is 9.97 Å². The average molecular weight is 213 g/mol. The van der Waals surface area contributed by atoms with Gasteiger partial charge in [0.2, 0.25) is 0 Å². The standard InChI is InChI=1S/C12H11N3O/c1-8-5-6-9(12(13)16)11(15-8)10-4-2-3-7-14-10/h2-7H,1H3,(H2,13,16). The van der Waals surface area contributed by atoms with Crippen molar-refractivity contribution in [2.75, 3.05) is 0 Å². The Morgan fingerprint density at radius 3 is 2.69 bits per heavy atom. The number of carbonyl (C=O) groups excluding carboxylic acids is 1. The number of aromatic nitrogens is 2. The van der Waals surface area contributed by atoms with Gasteiger partial charge in [-0.25, -0.2) is 0 Å². The summed E-state index contributed by atoms with van der Waals surface area (Å²) in [7, 11) is 0. The van der Waals surface area contributed by atoms with Crippen LogP contribution in [0.1, 0.15) is 16.1 Å². The first-order valence-corrected chi connectivity index (χ1v) is 4.87. The molecule has 4 nitrogen and oxygen atoms in total. The van der Waals surface area contributed by atoms with Crippen LogP contribution in [0.25, 0.3) is 11.4 Å². The van der Waals surface area contributed by atoms with Gasteiger partial charge < -0.3 is 5.73 Å². The Morgan fingerprint density at radius 2 is 2.06 bits per heavy atom. The Morgan fingerprint density at radius 1 is 1.25 bits per heavy atom. The molecule has 0 saturated heterocycles. The second-order valence-corrected chi connectivity index (χ2v) is 3.43. The molecule has 16 heavy (non-hydrogen) atoms. The molecule has 0 atom stereocenters. The number of hydrogen-bond donors (Lipinski definition) is 1. The molecular formula is C12H11N3O. The summed E-state index contributed by atoms with van der Waals surface area (Å²) in [6, 6.07) is 8.88. The van der Waals surface area contributed by atoms with E-state index in [9.17, 15) is 4.79 Å². The van der Waals surface area contributed by atoms with Crippen molar-refractivity contribution < 1.29 is 4.79 Å². The highest BCUT2D eigenvalue weighted by atomic mass is 16.1. The van der Waals surface area contributed by atoms with Crippen molar-refractivity contribution in [1.29, 1.82) is 0 Å². The molecule has 2 rings (SSSR count). The van der Waals surface area contributed by atoms with Crippen molar-refractivity contribution in [2.45, 2.75) is 6.92 Å². The molecule has 0 aromatic carbocycles. The fourth-order valence-electron chi connectivity index (χ4n) is 1.45. The van der Waals surface area contributed by atoms with Crippen LogP contribution >= 0.6 is 0 Å². The van der Waals surface area contributed by atoms with Crippen molar-refractivity contribution >= 4 is 5.91 Å². The van der Waals surface area contributed by atoms with Crippen LogP contribution in [-0.4, -0.2) is 15.9 Å². The van der Waals surface area contributed by atoms with E-state index in [1.165, 1.54) is 0 Å². The first-order valence-electron chi connectivity index (χ1n) is 4.87. The zero-order valence-electron chi connectivity index (χ0n) is 8.84. The van der Waals surface area contributed by atoms with E-state index < -0.39 is 5.91 Å². The zero-order chi connectivity index (χ0) is 11.5. The number of rotatable bonds is 2. The Hall–Kier alpha value is -2.23. The van der Waals surface area contributed by atoms with Gasteiger partial charge in [-0.3, -0.25) is 14.8 Å². The van der Waals surface area contributed by atoms with E-state index >= 15 is 0 Å². The Kier molecular flexibility index (Phi) is 2.64. The molecular weight excluding hydrogens is 202 g/mol. The van der Waals surface area contributed by atoms with Crippen molar-refractivity contribution in [2.24, 2.45) is 5.73 Å². The lowest BCUT2D eigenvalue weighted by Crippen LogP contribution is -2.13. The Labute approximate surface area is 93.2 Å². The number of nitrogens with two attached hydrogens (primary N) is 1. The quantitative estimate of drug-likeness (QED) is 0.822. The molecule has 2 aromatic rings. The number of primary amides is 1. The molecule has 0 radical (unpaired) electrons. The zero-order valence-corrected chi connectivity index (χ0v) is 8.84. The maximum Gasteiger partial charge on any atom is 0.250 e. The minimum atomic E-state index is -0.492. The van der Waals surface area contributed by atoms with Crippen molar-refractivity contribution in [3.05, 3.63) is 47.8 Å². The molecule has 2 N–H and O–H groups in total. The van der Waals surface area contributed by atoms with Gasteiger partial charge in [-0.1, -0.05) is 6.07 Å². The number of carbonyl (C=O) groups is 1. The summed E-state index contributed by atoms with van der Waals surface area (Å²) in [5, 5.41) is 0. The van der Waals surface area contributed by atoms with Crippen LogP contribution in [0.4, 0.5) is 0 Å². The highest BCUT2D eigenvalue weighted by Gasteiger charge is 2.12. The second-order valence-electron chi connectivity index (χ2n) is 3.43. The molecule has 0 spiro atoms. The number of aryl methyl sites for hydroxylation is 1. The van der Waals surface area contributed by atoms with Gasteiger partial charge in [-0.15, -0.1) is 0 Å². The molecule has 0 aliphatic rings. The number of amides is 1.